The van der Waals surface area contributed by atoms with Gasteiger partial charge in [-0.3, -0.25) is 4.79 Å². The first-order valence-electron chi connectivity index (χ1n) is 6.91. The molecule has 1 heterocycles. The van der Waals surface area contributed by atoms with Crippen LogP contribution in [0.2, 0.25) is 0 Å². The molecular formula is C15H10Cl6N4O. The van der Waals surface area contributed by atoms with E-state index in [4.69, 9.17) is 69.6 Å². The quantitative estimate of drug-likeness (QED) is 0.583. The standard InChI is InChI=1S/C15H10Cl6N4O/c1-8(26)22-10-5-2-9(3-6-10)4-7-11-23-12(14(16,17)18)25-13(24-11)15(19,20)21/h2-7H,1H3,(H,22,26). The molecule has 2 aromatic rings. The second-order valence-corrected chi connectivity index (χ2v) is 9.54. The SMILES string of the molecule is CC(=O)Nc1ccc(C=Cc2nc(C(Cl)(Cl)Cl)nc(C(Cl)(Cl)Cl)n2)cc1. The maximum Gasteiger partial charge on any atom is 0.250 e. The Hall–Kier alpha value is -0.820. The van der Waals surface area contributed by atoms with Crippen molar-refractivity contribution in [2.75, 3.05) is 5.32 Å². The molecule has 0 fully saturated rings. The summed E-state index contributed by atoms with van der Waals surface area (Å²) >= 11 is 34.9. The Kier molecular flexibility index (Phi) is 6.99. The molecule has 0 aliphatic heterocycles. The van der Waals surface area contributed by atoms with Crippen LogP contribution in [-0.2, 0) is 12.4 Å². The van der Waals surface area contributed by atoms with Crippen molar-refractivity contribution in [2.45, 2.75) is 14.5 Å². The zero-order chi connectivity index (χ0) is 19.5. The second-order valence-electron chi connectivity index (χ2n) is 4.97. The highest BCUT2D eigenvalue weighted by molar-refractivity contribution is 6.67. The lowest BCUT2D eigenvalue weighted by Gasteiger charge is -2.14. The average Bonchev–Trinajstić information content (AvgIpc) is 2.52. The van der Waals surface area contributed by atoms with E-state index in [1.165, 1.54) is 6.92 Å². The van der Waals surface area contributed by atoms with E-state index in [2.05, 4.69) is 20.3 Å². The molecule has 0 bridgehead atoms. The minimum atomic E-state index is -1.91. The molecule has 1 N–H and O–H groups in total. The maximum atomic E-state index is 11.0. The number of carbonyl (C=O) groups excluding carboxylic acids is 1. The van der Waals surface area contributed by atoms with E-state index >= 15 is 0 Å². The normalized spacial score (nSPS) is 12.4. The predicted molar refractivity (Wildman–Crippen MR) is 108 cm³/mol. The van der Waals surface area contributed by atoms with Gasteiger partial charge in [0, 0.05) is 12.6 Å². The lowest BCUT2D eigenvalue weighted by Crippen LogP contribution is -2.16. The Morgan fingerprint density at radius 3 is 1.81 bits per heavy atom. The van der Waals surface area contributed by atoms with Gasteiger partial charge in [0.15, 0.2) is 17.5 Å². The van der Waals surface area contributed by atoms with Gasteiger partial charge in [0.25, 0.3) is 0 Å². The lowest BCUT2D eigenvalue weighted by molar-refractivity contribution is -0.114. The molecule has 2 rings (SSSR count). The largest absolute Gasteiger partial charge is 0.326 e. The number of hydrogen-bond donors (Lipinski definition) is 1. The van der Waals surface area contributed by atoms with E-state index in [9.17, 15) is 4.79 Å². The highest BCUT2D eigenvalue weighted by Crippen LogP contribution is 2.39. The molecule has 1 amide bonds. The number of hydrogen-bond acceptors (Lipinski definition) is 4. The number of rotatable bonds is 3. The monoisotopic (exact) mass is 472 g/mol. The number of nitrogens with zero attached hydrogens (tertiary/aromatic N) is 3. The molecule has 5 nitrogen and oxygen atoms in total. The van der Waals surface area contributed by atoms with Gasteiger partial charge in [-0.15, -0.1) is 0 Å². The van der Waals surface area contributed by atoms with Gasteiger partial charge in [-0.05, 0) is 23.8 Å². The fraction of sp³-hybridized carbons (Fsp3) is 0.200. The van der Waals surface area contributed by atoms with Crippen molar-refractivity contribution in [3.8, 4) is 0 Å². The summed E-state index contributed by atoms with van der Waals surface area (Å²) < 4.78 is -3.81. The molecular weight excluding hydrogens is 465 g/mol. The fourth-order valence-electron chi connectivity index (χ4n) is 1.77. The average molecular weight is 475 g/mol. The summed E-state index contributed by atoms with van der Waals surface area (Å²) in [6, 6.07) is 7.06. The van der Waals surface area contributed by atoms with Crippen LogP contribution in [0.5, 0.6) is 0 Å². The molecule has 0 aliphatic carbocycles. The summed E-state index contributed by atoms with van der Waals surface area (Å²) in [5.74, 6) is -0.343. The number of aromatic nitrogens is 3. The fourth-order valence-corrected chi connectivity index (χ4v) is 2.28. The van der Waals surface area contributed by atoms with Crippen LogP contribution in [0.4, 0.5) is 5.69 Å². The Balaban J connectivity index is 2.33. The lowest BCUT2D eigenvalue weighted by atomic mass is 10.2. The first-order chi connectivity index (χ1) is 11.9. The molecule has 1 aromatic carbocycles. The topological polar surface area (TPSA) is 67.8 Å². The third kappa shape index (κ3) is 6.41. The van der Waals surface area contributed by atoms with Gasteiger partial charge in [-0.25, -0.2) is 15.0 Å². The summed E-state index contributed by atoms with van der Waals surface area (Å²) in [6.45, 7) is 1.43. The van der Waals surface area contributed by atoms with Gasteiger partial charge in [-0.2, -0.15) is 0 Å². The van der Waals surface area contributed by atoms with Crippen LogP contribution in [0.1, 0.15) is 30.0 Å². The molecule has 0 aliphatic rings. The van der Waals surface area contributed by atoms with E-state index in [1.807, 2.05) is 0 Å². The van der Waals surface area contributed by atoms with Gasteiger partial charge >= 0.3 is 0 Å². The summed E-state index contributed by atoms with van der Waals surface area (Å²) in [4.78, 5) is 23.0. The van der Waals surface area contributed by atoms with Crippen LogP contribution >= 0.6 is 69.6 Å². The minimum Gasteiger partial charge on any atom is -0.326 e. The predicted octanol–water partition coefficient (Wildman–Crippen LogP) is 5.65. The van der Waals surface area contributed by atoms with Crippen molar-refractivity contribution in [1.29, 1.82) is 0 Å². The number of amides is 1. The first-order valence-corrected chi connectivity index (χ1v) is 9.18. The smallest absolute Gasteiger partial charge is 0.250 e. The minimum absolute atomic E-state index is 0.147. The Morgan fingerprint density at radius 2 is 1.38 bits per heavy atom. The molecule has 26 heavy (non-hydrogen) atoms. The van der Waals surface area contributed by atoms with Crippen molar-refractivity contribution in [3.05, 3.63) is 47.3 Å². The molecule has 11 heteroatoms. The second kappa shape index (κ2) is 8.46. The van der Waals surface area contributed by atoms with E-state index in [-0.39, 0.29) is 23.4 Å². The molecule has 138 valence electrons. The number of benzene rings is 1. The molecule has 0 unspecified atom stereocenters. The van der Waals surface area contributed by atoms with Crippen molar-refractivity contribution in [3.63, 3.8) is 0 Å². The number of alkyl halides is 6. The van der Waals surface area contributed by atoms with Crippen molar-refractivity contribution in [1.82, 2.24) is 15.0 Å². The van der Waals surface area contributed by atoms with E-state index in [1.54, 1.807) is 36.4 Å². The van der Waals surface area contributed by atoms with Gasteiger partial charge in [0.2, 0.25) is 13.5 Å². The number of carbonyl (C=O) groups is 1. The van der Waals surface area contributed by atoms with Gasteiger partial charge in [0.1, 0.15) is 0 Å². The zero-order valence-electron chi connectivity index (χ0n) is 13.0. The number of nitrogens with one attached hydrogen (secondary N) is 1. The van der Waals surface area contributed by atoms with Crippen LogP contribution in [0, 0.1) is 0 Å². The molecule has 0 atom stereocenters. The summed E-state index contributed by atoms with van der Waals surface area (Å²) in [6.07, 6.45) is 3.26. The molecule has 0 saturated carbocycles. The Morgan fingerprint density at radius 1 is 0.885 bits per heavy atom. The zero-order valence-corrected chi connectivity index (χ0v) is 17.5. The summed E-state index contributed by atoms with van der Waals surface area (Å²) in [5.41, 5.74) is 1.48. The van der Waals surface area contributed by atoms with Crippen LogP contribution in [0.15, 0.2) is 24.3 Å². The summed E-state index contributed by atoms with van der Waals surface area (Å²) in [5, 5.41) is 2.67. The Bertz CT molecular complexity index is 795. The third-order valence-electron chi connectivity index (χ3n) is 2.82. The van der Waals surface area contributed by atoms with Gasteiger partial charge < -0.3 is 5.32 Å². The van der Waals surface area contributed by atoms with Crippen molar-refractivity contribution >= 4 is 93.4 Å². The Labute approximate surface area is 179 Å². The molecule has 1 aromatic heterocycles. The molecule has 0 radical (unpaired) electrons. The van der Waals surface area contributed by atoms with Crippen LogP contribution in [-0.4, -0.2) is 20.9 Å². The van der Waals surface area contributed by atoms with Crippen molar-refractivity contribution < 1.29 is 4.79 Å². The molecule has 0 spiro atoms. The van der Waals surface area contributed by atoms with Gasteiger partial charge in [-0.1, -0.05) is 87.8 Å². The van der Waals surface area contributed by atoms with E-state index in [0.717, 1.165) is 5.56 Å². The van der Waals surface area contributed by atoms with Crippen LogP contribution in [0.25, 0.3) is 12.2 Å². The number of halogens is 6. The van der Waals surface area contributed by atoms with E-state index in [0.29, 0.717) is 5.69 Å². The number of anilines is 1. The first kappa shape index (κ1) is 21.5. The third-order valence-corrected chi connectivity index (χ3v) is 3.83. The highest BCUT2D eigenvalue weighted by Gasteiger charge is 2.33. The van der Waals surface area contributed by atoms with E-state index < -0.39 is 7.59 Å². The molecule has 0 saturated heterocycles. The van der Waals surface area contributed by atoms with Crippen molar-refractivity contribution in [2.24, 2.45) is 0 Å². The van der Waals surface area contributed by atoms with Crippen LogP contribution < -0.4 is 5.32 Å². The summed E-state index contributed by atoms with van der Waals surface area (Å²) in [7, 11) is 0. The van der Waals surface area contributed by atoms with Crippen LogP contribution in [0.3, 0.4) is 0 Å². The van der Waals surface area contributed by atoms with Gasteiger partial charge in [0.05, 0.1) is 0 Å². The maximum absolute atomic E-state index is 11.0. The highest BCUT2D eigenvalue weighted by atomic mass is 35.6.